The van der Waals surface area contributed by atoms with Crippen LogP contribution >= 0.6 is 0 Å². The molecular weight excluding hydrogens is 434 g/mol. The van der Waals surface area contributed by atoms with Gasteiger partial charge in [0.05, 0.1) is 12.4 Å². The summed E-state index contributed by atoms with van der Waals surface area (Å²) in [4.78, 5) is 20.5. The topological polar surface area (TPSA) is 107 Å². The third kappa shape index (κ3) is 3.91. The van der Waals surface area contributed by atoms with Gasteiger partial charge in [-0.15, -0.1) is 0 Å². The van der Waals surface area contributed by atoms with Gasteiger partial charge in [-0.3, -0.25) is 9.89 Å². The third-order valence-electron chi connectivity index (χ3n) is 5.48. The molecule has 2 aromatic heterocycles. The lowest BCUT2D eigenvalue weighted by atomic mass is 9.83. The van der Waals surface area contributed by atoms with Crippen molar-refractivity contribution in [2.45, 2.75) is 43.1 Å². The molecule has 1 amide bonds. The number of aromatic amines is 1. The van der Waals surface area contributed by atoms with Crippen LogP contribution in [0.3, 0.4) is 0 Å². The van der Waals surface area contributed by atoms with Gasteiger partial charge < -0.3 is 15.3 Å². The minimum atomic E-state index is -4.86. The zero-order chi connectivity index (χ0) is 22.6. The molecule has 168 valence electrons. The van der Waals surface area contributed by atoms with E-state index in [0.717, 1.165) is 6.20 Å². The van der Waals surface area contributed by atoms with Crippen LogP contribution in [0, 0.1) is 0 Å². The monoisotopic (exact) mass is 450 g/mol. The molecule has 31 heavy (non-hydrogen) atoms. The van der Waals surface area contributed by atoms with E-state index >= 15 is 0 Å². The molecule has 4 rings (SSSR count). The molecule has 0 spiro atoms. The van der Waals surface area contributed by atoms with Crippen molar-refractivity contribution in [3.8, 4) is 0 Å². The molecule has 2 aromatic rings. The number of aliphatic hydroxyl groups excluding tert-OH is 1. The van der Waals surface area contributed by atoms with Crippen molar-refractivity contribution in [1.29, 1.82) is 0 Å². The maximum atomic E-state index is 13.6. The molecular formula is C17H16F6N6O2. The molecule has 0 saturated carbocycles. The average Bonchev–Trinajstić information content (AvgIpc) is 3.10. The number of aromatic nitrogens is 4. The van der Waals surface area contributed by atoms with Crippen molar-refractivity contribution in [1.82, 2.24) is 20.2 Å². The lowest BCUT2D eigenvalue weighted by molar-refractivity contribution is -0.177. The number of amides is 1. The van der Waals surface area contributed by atoms with E-state index in [-0.39, 0.29) is 28.8 Å². The summed E-state index contributed by atoms with van der Waals surface area (Å²) in [5, 5.41) is 18.4. The Hall–Kier alpha value is -2.90. The number of H-pyrrole nitrogens is 1. The fourth-order valence-electron chi connectivity index (χ4n) is 3.96. The van der Waals surface area contributed by atoms with Crippen LogP contribution in [-0.4, -0.2) is 56.5 Å². The summed E-state index contributed by atoms with van der Waals surface area (Å²) in [6.45, 7) is 0.619. The molecule has 2 atom stereocenters. The first-order valence-electron chi connectivity index (χ1n) is 9.24. The fourth-order valence-corrected chi connectivity index (χ4v) is 3.96. The molecule has 0 aliphatic carbocycles. The summed E-state index contributed by atoms with van der Waals surface area (Å²) in [6.07, 6.45) is -9.41. The Morgan fingerprint density at radius 1 is 1.06 bits per heavy atom. The Labute approximate surface area is 170 Å². The summed E-state index contributed by atoms with van der Waals surface area (Å²) in [5.74, 6) is -3.99. The zero-order valence-corrected chi connectivity index (χ0v) is 15.6. The Morgan fingerprint density at radius 3 is 2.29 bits per heavy atom. The second kappa shape index (κ2) is 7.35. The van der Waals surface area contributed by atoms with E-state index in [0.29, 0.717) is 32.1 Å². The molecule has 4 heterocycles. The Bertz CT molecular complexity index is 965. The Kier molecular flexibility index (Phi) is 5.06. The van der Waals surface area contributed by atoms with Gasteiger partial charge in [-0.1, -0.05) is 0 Å². The molecule has 8 nitrogen and oxygen atoms in total. The molecule has 14 heteroatoms. The number of anilines is 2. The summed E-state index contributed by atoms with van der Waals surface area (Å²) in [6, 6.07) is 0. The molecule has 2 aliphatic rings. The van der Waals surface area contributed by atoms with Gasteiger partial charge in [0.15, 0.2) is 11.5 Å². The van der Waals surface area contributed by atoms with E-state index in [1.54, 1.807) is 4.90 Å². The first-order chi connectivity index (χ1) is 14.5. The average molecular weight is 450 g/mol. The minimum absolute atomic E-state index is 0.175. The normalized spacial score (nSPS) is 22.9. The first-order valence-corrected chi connectivity index (χ1v) is 9.24. The van der Waals surface area contributed by atoms with Crippen molar-refractivity contribution in [3.63, 3.8) is 0 Å². The maximum absolute atomic E-state index is 13.6. The molecule has 2 aliphatic heterocycles. The number of nitrogens with one attached hydrogen (secondary N) is 2. The highest BCUT2D eigenvalue weighted by atomic mass is 19.4. The number of piperidine rings is 1. The molecule has 1 saturated heterocycles. The second-order valence-corrected chi connectivity index (χ2v) is 7.37. The van der Waals surface area contributed by atoms with Crippen LogP contribution in [0.5, 0.6) is 0 Å². The van der Waals surface area contributed by atoms with Gasteiger partial charge in [0.1, 0.15) is 17.8 Å². The highest BCUT2D eigenvalue weighted by Gasteiger charge is 2.53. The van der Waals surface area contributed by atoms with Crippen molar-refractivity contribution in [3.05, 3.63) is 29.3 Å². The van der Waals surface area contributed by atoms with Gasteiger partial charge >= 0.3 is 12.4 Å². The predicted octanol–water partition coefficient (Wildman–Crippen LogP) is 2.56. The molecule has 0 unspecified atom stereocenters. The van der Waals surface area contributed by atoms with Gasteiger partial charge in [-0.25, -0.2) is 9.97 Å². The Morgan fingerprint density at radius 2 is 1.74 bits per heavy atom. The summed E-state index contributed by atoms with van der Waals surface area (Å²) in [7, 11) is 0. The van der Waals surface area contributed by atoms with E-state index in [4.69, 9.17) is 0 Å². The number of carbonyl (C=O) groups is 1. The Balaban J connectivity index is 1.52. The number of fused-ring (bicyclic) bond motifs is 1. The number of carbonyl (C=O) groups excluding carboxylic acids is 1. The molecule has 0 radical (unpaired) electrons. The van der Waals surface area contributed by atoms with Gasteiger partial charge in [0.25, 0.3) is 5.91 Å². The van der Waals surface area contributed by atoms with E-state index in [2.05, 4.69) is 25.5 Å². The molecule has 0 bridgehead atoms. The number of aliphatic hydroxyl groups is 1. The SMILES string of the molecule is O=C1Nc2n[nH]c(C3CCN(c4cnc(C(F)(F)F)cn4)CC3)c2[C@@H](C(F)(F)F)[C@H]1O. The predicted molar refractivity (Wildman–Crippen MR) is 93.2 cm³/mol. The molecule has 0 aromatic carbocycles. The summed E-state index contributed by atoms with van der Waals surface area (Å²) in [5.41, 5.74) is -1.23. The maximum Gasteiger partial charge on any atom is 0.434 e. The number of halogens is 6. The molecule has 3 N–H and O–H groups in total. The largest absolute Gasteiger partial charge is 0.434 e. The standard InChI is InChI=1S/C17H16F6N6O2/c18-16(19,20)8-5-25-9(6-24-8)29-3-1-7(2-4-29)12-10-11(17(21,22)23)13(30)15(31)26-14(10)28-27-12/h5-7,11,13,30H,1-4H2,(H2,26,27,28,31)/t11-,13-/m1/s1. The third-order valence-corrected chi connectivity index (χ3v) is 5.48. The van der Waals surface area contributed by atoms with Gasteiger partial charge in [0, 0.05) is 30.3 Å². The fraction of sp³-hybridized carbons (Fsp3) is 0.529. The van der Waals surface area contributed by atoms with Gasteiger partial charge in [0.2, 0.25) is 0 Å². The van der Waals surface area contributed by atoms with Crippen molar-refractivity contribution in [2.24, 2.45) is 0 Å². The van der Waals surface area contributed by atoms with E-state index in [9.17, 15) is 36.2 Å². The lowest BCUT2D eigenvalue weighted by Gasteiger charge is -2.34. The highest BCUT2D eigenvalue weighted by molar-refractivity contribution is 5.97. The second-order valence-electron chi connectivity index (χ2n) is 7.37. The number of nitrogens with zero attached hydrogens (tertiary/aromatic N) is 4. The number of rotatable bonds is 2. The van der Waals surface area contributed by atoms with E-state index in [1.165, 1.54) is 0 Å². The van der Waals surface area contributed by atoms with Crippen LogP contribution in [0.2, 0.25) is 0 Å². The minimum Gasteiger partial charge on any atom is -0.382 e. The smallest absolute Gasteiger partial charge is 0.382 e. The van der Waals surface area contributed by atoms with Crippen LogP contribution in [0.15, 0.2) is 12.4 Å². The quantitative estimate of drug-likeness (QED) is 0.608. The lowest BCUT2D eigenvalue weighted by Crippen LogP contribution is -2.44. The van der Waals surface area contributed by atoms with E-state index < -0.39 is 36.0 Å². The van der Waals surface area contributed by atoms with Crippen LogP contribution in [0.4, 0.5) is 38.0 Å². The van der Waals surface area contributed by atoms with E-state index in [1.807, 2.05) is 0 Å². The zero-order valence-electron chi connectivity index (χ0n) is 15.6. The van der Waals surface area contributed by atoms with Gasteiger partial charge in [-0.2, -0.15) is 31.4 Å². The van der Waals surface area contributed by atoms with Crippen LogP contribution in [0.25, 0.3) is 0 Å². The van der Waals surface area contributed by atoms with Crippen LogP contribution in [-0.2, 0) is 11.0 Å². The summed E-state index contributed by atoms with van der Waals surface area (Å²) >= 11 is 0. The van der Waals surface area contributed by atoms with Crippen molar-refractivity contribution < 1.29 is 36.2 Å². The number of hydrogen-bond donors (Lipinski definition) is 3. The van der Waals surface area contributed by atoms with Crippen molar-refractivity contribution >= 4 is 17.5 Å². The van der Waals surface area contributed by atoms with Crippen LogP contribution in [0.1, 0.15) is 41.6 Å². The van der Waals surface area contributed by atoms with Crippen molar-refractivity contribution in [2.75, 3.05) is 23.3 Å². The highest BCUT2D eigenvalue weighted by Crippen LogP contribution is 2.47. The first kappa shape index (κ1) is 21.3. The van der Waals surface area contributed by atoms with Crippen LogP contribution < -0.4 is 10.2 Å². The van der Waals surface area contributed by atoms with Gasteiger partial charge in [-0.05, 0) is 12.8 Å². The molecule has 1 fully saturated rings. The summed E-state index contributed by atoms with van der Waals surface area (Å²) < 4.78 is 78.6. The number of alkyl halides is 6. The number of hydrogen-bond acceptors (Lipinski definition) is 6.